The molecule has 2 atom stereocenters. The summed E-state index contributed by atoms with van der Waals surface area (Å²) in [5.41, 5.74) is 3.03. The Morgan fingerprint density at radius 3 is 2.73 bits per heavy atom. The first kappa shape index (κ1) is 21.4. The molecule has 1 amide bonds. The molecule has 2 heterocycles. The van der Waals surface area contributed by atoms with E-state index in [0.29, 0.717) is 18.7 Å². The normalized spacial score (nSPS) is 21.8. The molecule has 0 spiro atoms. The fourth-order valence-electron chi connectivity index (χ4n) is 5.19. The smallest absolute Gasteiger partial charge is 0.230 e. The highest BCUT2D eigenvalue weighted by molar-refractivity contribution is 5.95. The van der Waals surface area contributed by atoms with E-state index in [0.717, 1.165) is 48.0 Å². The highest BCUT2D eigenvalue weighted by atomic mass is 16.5. The van der Waals surface area contributed by atoms with Gasteiger partial charge in [-0.05, 0) is 49.6 Å². The first-order valence-corrected chi connectivity index (χ1v) is 11.6. The van der Waals surface area contributed by atoms with Crippen molar-refractivity contribution in [2.75, 3.05) is 24.5 Å². The molecule has 1 saturated carbocycles. The molecule has 2 aliphatic rings. The van der Waals surface area contributed by atoms with Crippen molar-refractivity contribution >= 4 is 22.5 Å². The Morgan fingerprint density at radius 2 is 2.00 bits per heavy atom. The molecule has 1 aliphatic heterocycles. The fourth-order valence-corrected chi connectivity index (χ4v) is 5.19. The lowest BCUT2D eigenvalue weighted by Gasteiger charge is -2.42. The second-order valence-corrected chi connectivity index (χ2v) is 9.13. The number of aromatic nitrogens is 1. The van der Waals surface area contributed by atoms with E-state index in [1.807, 2.05) is 42.5 Å². The number of hydrogen-bond donors (Lipinski definition) is 1. The number of carbonyl (C=O) groups excluding carboxylic acids is 1. The number of amides is 1. The molecule has 2 aromatic carbocycles. The first-order chi connectivity index (χ1) is 16.1. The summed E-state index contributed by atoms with van der Waals surface area (Å²) in [5.74, 6) is 0.0985. The number of nitrogens with one attached hydrogen (secondary N) is 1. The number of morpholine rings is 1. The van der Waals surface area contributed by atoms with Crippen LogP contribution in [0.5, 0.6) is 0 Å². The second kappa shape index (κ2) is 8.84. The van der Waals surface area contributed by atoms with Gasteiger partial charge in [0.25, 0.3) is 0 Å². The van der Waals surface area contributed by atoms with E-state index in [2.05, 4.69) is 40.3 Å². The van der Waals surface area contributed by atoms with Crippen molar-refractivity contribution in [1.82, 2.24) is 10.3 Å². The Morgan fingerprint density at radius 1 is 1.18 bits per heavy atom. The summed E-state index contributed by atoms with van der Waals surface area (Å²) in [6, 6.07) is 20.1. The van der Waals surface area contributed by atoms with Crippen molar-refractivity contribution in [1.29, 1.82) is 5.26 Å². The highest BCUT2D eigenvalue weighted by Crippen LogP contribution is 2.44. The second-order valence-electron chi connectivity index (χ2n) is 9.13. The molecule has 1 aromatic heterocycles. The number of carbonyl (C=O) groups is 1. The lowest BCUT2D eigenvalue weighted by Crippen LogP contribution is -2.54. The Balaban J connectivity index is 1.32. The Kier molecular flexibility index (Phi) is 5.74. The van der Waals surface area contributed by atoms with Gasteiger partial charge >= 0.3 is 0 Å². The summed E-state index contributed by atoms with van der Waals surface area (Å²) in [6.45, 7) is 3.94. The van der Waals surface area contributed by atoms with Gasteiger partial charge in [-0.3, -0.25) is 9.78 Å². The number of nitriles is 1. The number of nitrogens with zero attached hydrogens (tertiary/aromatic N) is 3. The summed E-state index contributed by atoms with van der Waals surface area (Å²) in [7, 11) is 0. The molecule has 5 rings (SSSR count). The van der Waals surface area contributed by atoms with Gasteiger partial charge in [-0.1, -0.05) is 36.8 Å². The van der Waals surface area contributed by atoms with Crippen LogP contribution in [0.4, 0.5) is 5.69 Å². The number of fused-ring (bicyclic) bond motifs is 1. The number of hydrogen-bond acceptors (Lipinski definition) is 5. The number of benzene rings is 2. The Hall–Kier alpha value is -3.43. The standard InChI is InChI=1S/C27H28N4O2/c1-19-17-31(24-11-10-20(15-28)25-23(24)9-5-14-29-25)18-22(33-19)16-30-26(32)27(12-6-13-27)21-7-3-2-4-8-21/h2-5,7-11,14,19,22H,6,12-13,16-18H2,1H3,(H,30,32)/t19-,22+/m1/s1. The maximum atomic E-state index is 13.2. The summed E-state index contributed by atoms with van der Waals surface area (Å²) in [5, 5.41) is 13.6. The van der Waals surface area contributed by atoms with Crippen LogP contribution in [0.15, 0.2) is 60.8 Å². The topological polar surface area (TPSA) is 78.3 Å². The number of ether oxygens (including phenoxy) is 1. The van der Waals surface area contributed by atoms with Gasteiger partial charge in [0.2, 0.25) is 5.91 Å². The van der Waals surface area contributed by atoms with Crippen molar-refractivity contribution in [3.8, 4) is 6.07 Å². The van der Waals surface area contributed by atoms with Crippen LogP contribution in [-0.2, 0) is 14.9 Å². The monoisotopic (exact) mass is 440 g/mol. The van der Waals surface area contributed by atoms with Crippen molar-refractivity contribution < 1.29 is 9.53 Å². The van der Waals surface area contributed by atoms with Crippen molar-refractivity contribution in [2.24, 2.45) is 0 Å². The van der Waals surface area contributed by atoms with Gasteiger partial charge in [0.05, 0.1) is 28.7 Å². The minimum Gasteiger partial charge on any atom is -0.370 e. The lowest BCUT2D eigenvalue weighted by molar-refractivity contribution is -0.131. The zero-order valence-electron chi connectivity index (χ0n) is 18.8. The molecular formula is C27H28N4O2. The fraction of sp³-hybridized carbons (Fsp3) is 0.370. The minimum atomic E-state index is -0.407. The molecular weight excluding hydrogens is 412 g/mol. The quantitative estimate of drug-likeness (QED) is 0.650. The van der Waals surface area contributed by atoms with E-state index in [9.17, 15) is 10.1 Å². The minimum absolute atomic E-state index is 0.0230. The molecule has 1 aliphatic carbocycles. The van der Waals surface area contributed by atoms with Gasteiger partial charge in [-0.2, -0.15) is 5.26 Å². The molecule has 6 heteroatoms. The maximum Gasteiger partial charge on any atom is 0.230 e. The molecule has 6 nitrogen and oxygen atoms in total. The van der Waals surface area contributed by atoms with Crippen LogP contribution < -0.4 is 10.2 Å². The van der Waals surface area contributed by atoms with E-state index >= 15 is 0 Å². The molecule has 1 saturated heterocycles. The molecule has 2 fully saturated rings. The van der Waals surface area contributed by atoms with Crippen LogP contribution in [-0.4, -0.2) is 42.7 Å². The third-order valence-electron chi connectivity index (χ3n) is 6.99. The summed E-state index contributed by atoms with van der Waals surface area (Å²) in [6.07, 6.45) is 4.48. The predicted molar refractivity (Wildman–Crippen MR) is 128 cm³/mol. The average Bonchev–Trinajstić information content (AvgIpc) is 2.81. The first-order valence-electron chi connectivity index (χ1n) is 11.6. The van der Waals surface area contributed by atoms with Crippen molar-refractivity contribution in [3.63, 3.8) is 0 Å². The van der Waals surface area contributed by atoms with Gasteiger partial charge in [0, 0.05) is 36.9 Å². The van der Waals surface area contributed by atoms with Gasteiger partial charge in [-0.25, -0.2) is 0 Å². The van der Waals surface area contributed by atoms with Gasteiger partial charge in [-0.15, -0.1) is 0 Å². The van der Waals surface area contributed by atoms with E-state index < -0.39 is 5.41 Å². The lowest BCUT2D eigenvalue weighted by atomic mass is 9.64. The molecule has 1 N–H and O–H groups in total. The molecule has 3 aromatic rings. The molecule has 168 valence electrons. The van der Waals surface area contributed by atoms with E-state index in [1.165, 1.54) is 0 Å². The Bertz CT molecular complexity index is 1200. The van der Waals surface area contributed by atoms with Gasteiger partial charge in [0.15, 0.2) is 0 Å². The maximum absolute atomic E-state index is 13.2. The summed E-state index contributed by atoms with van der Waals surface area (Å²) >= 11 is 0. The van der Waals surface area contributed by atoms with Crippen LogP contribution in [0, 0.1) is 11.3 Å². The van der Waals surface area contributed by atoms with Crippen LogP contribution in [0.3, 0.4) is 0 Å². The molecule has 0 radical (unpaired) electrons. The van der Waals surface area contributed by atoms with E-state index in [4.69, 9.17) is 4.74 Å². The Labute approximate surface area is 194 Å². The average molecular weight is 441 g/mol. The molecule has 0 bridgehead atoms. The van der Waals surface area contributed by atoms with E-state index in [-0.39, 0.29) is 18.1 Å². The van der Waals surface area contributed by atoms with Crippen LogP contribution >= 0.6 is 0 Å². The predicted octanol–water partition coefficient (Wildman–Crippen LogP) is 3.94. The summed E-state index contributed by atoms with van der Waals surface area (Å²) in [4.78, 5) is 20.0. The third kappa shape index (κ3) is 3.94. The SMILES string of the molecule is C[C@@H]1CN(c2ccc(C#N)c3ncccc23)C[C@H](CNC(=O)C2(c3ccccc3)CCC2)O1. The zero-order chi connectivity index (χ0) is 22.8. The number of rotatable bonds is 5. The summed E-state index contributed by atoms with van der Waals surface area (Å²) < 4.78 is 6.19. The molecule has 0 unspecified atom stereocenters. The zero-order valence-corrected chi connectivity index (χ0v) is 18.8. The van der Waals surface area contributed by atoms with Crippen molar-refractivity contribution in [3.05, 3.63) is 71.9 Å². The number of anilines is 1. The largest absolute Gasteiger partial charge is 0.370 e. The van der Waals surface area contributed by atoms with Gasteiger partial charge in [0.1, 0.15) is 6.07 Å². The van der Waals surface area contributed by atoms with Crippen LogP contribution in [0.2, 0.25) is 0 Å². The number of pyridine rings is 1. The van der Waals surface area contributed by atoms with E-state index in [1.54, 1.807) is 6.20 Å². The molecule has 33 heavy (non-hydrogen) atoms. The van der Waals surface area contributed by atoms with Gasteiger partial charge < -0.3 is 15.0 Å². The highest BCUT2D eigenvalue weighted by Gasteiger charge is 2.45. The van der Waals surface area contributed by atoms with Crippen LogP contribution in [0.1, 0.15) is 37.3 Å². The van der Waals surface area contributed by atoms with Crippen LogP contribution in [0.25, 0.3) is 10.9 Å². The van der Waals surface area contributed by atoms with Crippen molar-refractivity contribution in [2.45, 2.75) is 43.8 Å². The third-order valence-corrected chi connectivity index (χ3v) is 6.99.